The summed E-state index contributed by atoms with van der Waals surface area (Å²) < 4.78 is 0. The van der Waals surface area contributed by atoms with Gasteiger partial charge in [-0.2, -0.15) is 0 Å². The van der Waals surface area contributed by atoms with Gasteiger partial charge in [-0.3, -0.25) is 9.78 Å². The van der Waals surface area contributed by atoms with Crippen LogP contribution in [0, 0.1) is 6.92 Å². The summed E-state index contributed by atoms with van der Waals surface area (Å²) in [5, 5.41) is 3.38. The molecule has 0 aliphatic carbocycles. The Kier molecular flexibility index (Phi) is 5.64. The van der Waals surface area contributed by atoms with Gasteiger partial charge in [0, 0.05) is 41.1 Å². The minimum absolute atomic E-state index is 0.0542. The number of nitrogens with one attached hydrogen (secondary N) is 1. The summed E-state index contributed by atoms with van der Waals surface area (Å²) in [6.07, 6.45) is 5.32. The lowest BCUT2D eigenvalue weighted by Crippen LogP contribution is -2.31. The number of hydrogen-bond donors (Lipinski definition) is 1. The lowest BCUT2D eigenvalue weighted by Gasteiger charge is -2.24. The fourth-order valence-electron chi connectivity index (χ4n) is 3.98. The van der Waals surface area contributed by atoms with Gasteiger partial charge in [-0.05, 0) is 56.2 Å². The molecule has 1 fully saturated rings. The molecule has 4 aromatic rings. The van der Waals surface area contributed by atoms with Crippen LogP contribution in [0.1, 0.15) is 39.3 Å². The number of para-hydroxylation sites is 1. The number of amides is 1. The van der Waals surface area contributed by atoms with Crippen LogP contribution in [0.4, 0.5) is 11.5 Å². The Morgan fingerprint density at radius 3 is 2.72 bits per heavy atom. The van der Waals surface area contributed by atoms with Gasteiger partial charge in [0.25, 0.3) is 5.91 Å². The Morgan fingerprint density at radius 2 is 1.97 bits per heavy atom. The first-order valence-corrected chi connectivity index (χ1v) is 11.5. The number of hydrogen-bond acceptors (Lipinski definition) is 6. The molecule has 0 bridgehead atoms. The highest BCUT2D eigenvalue weighted by Crippen LogP contribution is 2.34. The van der Waals surface area contributed by atoms with Gasteiger partial charge in [-0.15, -0.1) is 11.3 Å². The molecule has 0 spiro atoms. The number of aryl methyl sites for hydroxylation is 1. The van der Waals surface area contributed by atoms with Gasteiger partial charge in [0.05, 0.1) is 16.6 Å². The zero-order chi connectivity index (χ0) is 21.9. The Morgan fingerprint density at radius 1 is 1.09 bits per heavy atom. The largest absolute Gasteiger partial charge is 0.340 e. The fourth-order valence-corrected chi connectivity index (χ4v) is 4.80. The minimum Gasteiger partial charge on any atom is -0.340 e. The molecule has 1 amide bonds. The van der Waals surface area contributed by atoms with Gasteiger partial charge >= 0.3 is 0 Å². The van der Waals surface area contributed by atoms with Crippen molar-refractivity contribution in [2.24, 2.45) is 0 Å². The smallest absolute Gasteiger partial charge is 0.264 e. The third-order valence-electron chi connectivity index (χ3n) is 5.51. The van der Waals surface area contributed by atoms with Crippen molar-refractivity contribution in [2.75, 3.05) is 11.9 Å². The second-order valence-electron chi connectivity index (χ2n) is 7.80. The highest BCUT2D eigenvalue weighted by Gasteiger charge is 2.33. The molecule has 1 aromatic carbocycles. The maximum atomic E-state index is 13.2. The average Bonchev–Trinajstić information content (AvgIpc) is 3.49. The van der Waals surface area contributed by atoms with Crippen LogP contribution in [-0.4, -0.2) is 32.3 Å². The first-order chi connectivity index (χ1) is 15.7. The summed E-state index contributed by atoms with van der Waals surface area (Å²) in [7, 11) is 0. The molecule has 7 heteroatoms. The Bertz CT molecular complexity index is 1230. The van der Waals surface area contributed by atoms with Gasteiger partial charge in [0.15, 0.2) is 5.82 Å². The van der Waals surface area contributed by atoms with E-state index in [4.69, 9.17) is 9.97 Å². The number of benzene rings is 1. The number of pyridine rings is 1. The number of thiophene rings is 1. The molecule has 6 nitrogen and oxygen atoms in total. The molecule has 0 saturated carbocycles. The first-order valence-electron chi connectivity index (χ1n) is 10.7. The highest BCUT2D eigenvalue weighted by atomic mass is 32.1. The number of carbonyl (C=O) groups is 1. The second-order valence-corrected chi connectivity index (χ2v) is 9.08. The van der Waals surface area contributed by atoms with E-state index in [-0.39, 0.29) is 11.9 Å². The molecule has 1 atom stereocenters. The van der Waals surface area contributed by atoms with Crippen LogP contribution in [0.15, 0.2) is 73.1 Å². The third kappa shape index (κ3) is 4.24. The van der Waals surface area contributed by atoms with Crippen LogP contribution in [0.5, 0.6) is 0 Å². The van der Waals surface area contributed by atoms with Crippen LogP contribution in [0.25, 0.3) is 11.3 Å². The normalized spacial score (nSPS) is 15.7. The van der Waals surface area contributed by atoms with Gasteiger partial charge < -0.3 is 10.2 Å². The van der Waals surface area contributed by atoms with Crippen molar-refractivity contribution >= 4 is 28.7 Å². The summed E-state index contributed by atoms with van der Waals surface area (Å²) in [6.45, 7) is 2.73. The van der Waals surface area contributed by atoms with Gasteiger partial charge in [-0.1, -0.05) is 18.2 Å². The molecule has 3 aromatic heterocycles. The molecule has 0 radical (unpaired) electrons. The molecule has 160 valence electrons. The average molecular weight is 442 g/mol. The van der Waals surface area contributed by atoms with E-state index >= 15 is 0 Å². The van der Waals surface area contributed by atoms with Crippen molar-refractivity contribution in [3.63, 3.8) is 0 Å². The minimum atomic E-state index is -0.155. The molecule has 1 saturated heterocycles. The predicted molar refractivity (Wildman–Crippen MR) is 127 cm³/mol. The standard InChI is InChI=1S/C25H23N5OS/c1-17-11-12-22(32-17)25(31)30-14-6-10-21(30)24-28-20(18-7-5-13-26-16-18)15-23(29-24)27-19-8-3-2-4-9-19/h2-5,7-9,11-13,15-16,21H,6,10,14H2,1H3,(H,27,28,29). The number of rotatable bonds is 5. The Hall–Kier alpha value is -3.58. The quantitative estimate of drug-likeness (QED) is 0.435. The summed E-state index contributed by atoms with van der Waals surface area (Å²) in [4.78, 5) is 31.0. The zero-order valence-corrected chi connectivity index (χ0v) is 18.5. The van der Waals surface area contributed by atoms with Gasteiger partial charge in [-0.25, -0.2) is 9.97 Å². The number of likely N-dealkylation sites (tertiary alicyclic amines) is 1. The lowest BCUT2D eigenvalue weighted by molar-refractivity contribution is 0.0735. The molecule has 1 aliphatic rings. The monoisotopic (exact) mass is 441 g/mol. The van der Waals surface area contributed by atoms with E-state index in [9.17, 15) is 4.79 Å². The number of carbonyl (C=O) groups excluding carboxylic acids is 1. The number of nitrogens with zero attached hydrogens (tertiary/aromatic N) is 4. The summed E-state index contributed by atoms with van der Waals surface area (Å²) in [5.41, 5.74) is 2.65. The topological polar surface area (TPSA) is 71.0 Å². The number of anilines is 2. The maximum Gasteiger partial charge on any atom is 0.264 e. The molecule has 5 rings (SSSR count). The second kappa shape index (κ2) is 8.88. The van der Waals surface area contributed by atoms with Gasteiger partial charge in [0.2, 0.25) is 0 Å². The van der Waals surface area contributed by atoms with Crippen LogP contribution in [0.3, 0.4) is 0 Å². The van der Waals surface area contributed by atoms with E-state index in [1.807, 2.05) is 72.5 Å². The molecule has 1 aliphatic heterocycles. The van der Waals surface area contributed by atoms with Crippen molar-refractivity contribution in [3.05, 3.63) is 88.6 Å². The fraction of sp³-hybridized carbons (Fsp3) is 0.200. The molecule has 32 heavy (non-hydrogen) atoms. The van der Waals surface area contributed by atoms with E-state index in [1.165, 1.54) is 11.3 Å². The Balaban J connectivity index is 1.53. The SMILES string of the molecule is Cc1ccc(C(=O)N2CCCC2c2nc(Nc3ccccc3)cc(-c3cccnc3)n2)s1. The maximum absolute atomic E-state index is 13.2. The van der Waals surface area contributed by atoms with Crippen molar-refractivity contribution in [2.45, 2.75) is 25.8 Å². The van der Waals surface area contributed by atoms with E-state index in [0.29, 0.717) is 18.2 Å². The van der Waals surface area contributed by atoms with E-state index in [0.717, 1.165) is 39.5 Å². The van der Waals surface area contributed by atoms with Crippen LogP contribution >= 0.6 is 11.3 Å². The van der Waals surface area contributed by atoms with Crippen LogP contribution in [-0.2, 0) is 0 Å². The summed E-state index contributed by atoms with van der Waals surface area (Å²) in [6, 6.07) is 19.5. The molecule has 4 heterocycles. The van der Waals surface area contributed by atoms with Crippen molar-refractivity contribution in [3.8, 4) is 11.3 Å². The van der Waals surface area contributed by atoms with Crippen LogP contribution < -0.4 is 5.32 Å². The zero-order valence-electron chi connectivity index (χ0n) is 17.7. The first kappa shape index (κ1) is 20.3. The van der Waals surface area contributed by atoms with Crippen molar-refractivity contribution in [1.29, 1.82) is 0 Å². The van der Waals surface area contributed by atoms with E-state index in [1.54, 1.807) is 12.4 Å². The van der Waals surface area contributed by atoms with Crippen LogP contribution in [0.2, 0.25) is 0 Å². The molecule has 1 unspecified atom stereocenters. The molecular weight excluding hydrogens is 418 g/mol. The van der Waals surface area contributed by atoms with Crippen molar-refractivity contribution < 1.29 is 4.79 Å². The Labute approximate surface area is 191 Å². The van der Waals surface area contributed by atoms with Gasteiger partial charge in [0.1, 0.15) is 5.82 Å². The third-order valence-corrected chi connectivity index (χ3v) is 6.50. The molecule has 1 N–H and O–H groups in total. The number of aromatic nitrogens is 3. The lowest BCUT2D eigenvalue weighted by atomic mass is 10.1. The highest BCUT2D eigenvalue weighted by molar-refractivity contribution is 7.13. The summed E-state index contributed by atoms with van der Waals surface area (Å²) >= 11 is 1.53. The van der Waals surface area contributed by atoms with E-state index in [2.05, 4.69) is 10.3 Å². The van der Waals surface area contributed by atoms with Crippen molar-refractivity contribution in [1.82, 2.24) is 19.9 Å². The summed E-state index contributed by atoms with van der Waals surface area (Å²) in [5.74, 6) is 1.41. The molecular formula is C25H23N5OS. The predicted octanol–water partition coefficient (Wildman–Crippen LogP) is 5.63. The van der Waals surface area contributed by atoms with E-state index < -0.39 is 0 Å².